The number of nitrogens with zero attached hydrogens (tertiary/aromatic N) is 1. The summed E-state index contributed by atoms with van der Waals surface area (Å²) in [5.41, 5.74) is 1.94. The van der Waals surface area contributed by atoms with Gasteiger partial charge in [-0.25, -0.2) is 0 Å². The summed E-state index contributed by atoms with van der Waals surface area (Å²) in [5.74, 6) is 1.90. The molecule has 3 heteroatoms. The Morgan fingerprint density at radius 2 is 1.72 bits per heavy atom. The van der Waals surface area contributed by atoms with E-state index >= 15 is 0 Å². The zero-order valence-electron chi connectivity index (χ0n) is 14.6. The SMILES string of the molecule is C[C@H]1CC[C@H](CCc2cc3sc(-c4ccc(C#N)cc4)cc3s2)CC1. The Labute approximate surface area is 157 Å². The molecule has 1 aromatic carbocycles. The number of thiophene rings is 2. The predicted octanol–water partition coefficient (Wildman–Crippen LogP) is 7.26. The van der Waals surface area contributed by atoms with Crippen molar-refractivity contribution in [1.82, 2.24) is 0 Å². The molecule has 25 heavy (non-hydrogen) atoms. The van der Waals surface area contributed by atoms with E-state index in [2.05, 4.69) is 37.3 Å². The van der Waals surface area contributed by atoms with E-state index in [-0.39, 0.29) is 0 Å². The van der Waals surface area contributed by atoms with E-state index in [0.717, 1.165) is 17.4 Å². The Bertz CT molecular complexity index is 855. The monoisotopic (exact) mass is 365 g/mol. The summed E-state index contributed by atoms with van der Waals surface area (Å²) < 4.78 is 2.83. The Hall–Kier alpha value is -1.63. The Morgan fingerprint density at radius 1 is 1.00 bits per heavy atom. The molecule has 1 fully saturated rings. The maximum absolute atomic E-state index is 8.92. The zero-order chi connectivity index (χ0) is 17.2. The van der Waals surface area contributed by atoms with E-state index in [1.165, 1.54) is 58.4 Å². The van der Waals surface area contributed by atoms with E-state index < -0.39 is 0 Å². The van der Waals surface area contributed by atoms with Gasteiger partial charge in [0.2, 0.25) is 0 Å². The average Bonchev–Trinajstić information content (AvgIpc) is 3.20. The minimum Gasteiger partial charge on any atom is -0.192 e. The van der Waals surface area contributed by atoms with Gasteiger partial charge in [-0.15, -0.1) is 22.7 Å². The average molecular weight is 366 g/mol. The molecule has 1 aliphatic rings. The Kier molecular flexibility index (Phi) is 4.92. The fraction of sp³-hybridized carbons (Fsp3) is 0.409. The van der Waals surface area contributed by atoms with Gasteiger partial charge >= 0.3 is 0 Å². The van der Waals surface area contributed by atoms with Gasteiger partial charge in [0, 0.05) is 19.2 Å². The van der Waals surface area contributed by atoms with Crippen molar-refractivity contribution < 1.29 is 0 Å². The van der Waals surface area contributed by atoms with Gasteiger partial charge in [0.05, 0.1) is 11.6 Å². The second-order valence-electron chi connectivity index (χ2n) is 7.41. The van der Waals surface area contributed by atoms with Crippen LogP contribution in [0, 0.1) is 23.2 Å². The van der Waals surface area contributed by atoms with E-state index in [0.29, 0.717) is 0 Å². The summed E-state index contributed by atoms with van der Waals surface area (Å²) in [6.45, 7) is 2.40. The third-order valence-electron chi connectivity index (χ3n) is 5.49. The van der Waals surface area contributed by atoms with Crippen molar-refractivity contribution in [2.45, 2.75) is 45.4 Å². The first kappa shape index (κ1) is 16.8. The van der Waals surface area contributed by atoms with Gasteiger partial charge in [0.25, 0.3) is 0 Å². The molecule has 1 aliphatic carbocycles. The fourth-order valence-corrected chi connectivity index (χ4v) is 6.27. The van der Waals surface area contributed by atoms with Gasteiger partial charge in [-0.2, -0.15) is 5.26 Å². The standard InChI is InChI=1S/C22H23NS2/c1-15-2-4-16(5-3-15)8-11-19-12-21-22(24-19)13-20(25-21)18-9-6-17(14-23)7-10-18/h6-7,9-10,12-13,15-16H,2-5,8,11H2,1H3/t15-,16-. The van der Waals surface area contributed by atoms with E-state index in [9.17, 15) is 0 Å². The molecule has 0 unspecified atom stereocenters. The molecule has 0 spiro atoms. The molecule has 0 bridgehead atoms. The van der Waals surface area contributed by atoms with Crippen molar-refractivity contribution in [1.29, 1.82) is 5.26 Å². The highest BCUT2D eigenvalue weighted by Crippen LogP contribution is 2.39. The molecular weight excluding hydrogens is 342 g/mol. The normalized spacial score (nSPS) is 20.6. The summed E-state index contributed by atoms with van der Waals surface area (Å²) in [6, 6.07) is 14.8. The third-order valence-corrected chi connectivity index (χ3v) is 7.89. The second kappa shape index (κ2) is 7.32. The minimum absolute atomic E-state index is 0.724. The first-order chi connectivity index (χ1) is 12.2. The number of fused-ring (bicyclic) bond motifs is 1. The van der Waals surface area contributed by atoms with Crippen LogP contribution in [0.3, 0.4) is 0 Å². The van der Waals surface area contributed by atoms with Crippen LogP contribution in [0.2, 0.25) is 0 Å². The highest BCUT2D eigenvalue weighted by Gasteiger charge is 2.18. The number of hydrogen-bond donors (Lipinski definition) is 0. The lowest BCUT2D eigenvalue weighted by atomic mass is 9.81. The molecule has 0 saturated heterocycles. The molecule has 1 saturated carbocycles. The van der Waals surface area contributed by atoms with Crippen LogP contribution < -0.4 is 0 Å². The molecule has 0 atom stereocenters. The Morgan fingerprint density at radius 3 is 2.40 bits per heavy atom. The summed E-state index contributed by atoms with van der Waals surface area (Å²) in [5, 5.41) is 8.92. The third kappa shape index (κ3) is 3.81. The van der Waals surface area contributed by atoms with E-state index in [4.69, 9.17) is 5.26 Å². The topological polar surface area (TPSA) is 23.8 Å². The molecule has 4 rings (SSSR count). The first-order valence-corrected chi connectivity index (χ1v) is 10.9. The van der Waals surface area contributed by atoms with Crippen molar-refractivity contribution in [2.75, 3.05) is 0 Å². The molecule has 0 radical (unpaired) electrons. The zero-order valence-corrected chi connectivity index (χ0v) is 16.3. The maximum Gasteiger partial charge on any atom is 0.0991 e. The smallest absolute Gasteiger partial charge is 0.0991 e. The number of nitriles is 1. The Balaban J connectivity index is 1.43. The van der Waals surface area contributed by atoms with Crippen LogP contribution in [0.1, 0.15) is 49.5 Å². The molecule has 0 N–H and O–H groups in total. The fourth-order valence-electron chi connectivity index (χ4n) is 3.82. The molecule has 2 heterocycles. The lowest BCUT2D eigenvalue weighted by Gasteiger charge is -2.25. The lowest BCUT2D eigenvalue weighted by molar-refractivity contribution is 0.278. The van der Waals surface area contributed by atoms with Crippen LogP contribution in [0.5, 0.6) is 0 Å². The van der Waals surface area contributed by atoms with Gasteiger partial charge in [0.1, 0.15) is 0 Å². The van der Waals surface area contributed by atoms with Gasteiger partial charge in [-0.1, -0.05) is 44.7 Å². The number of benzene rings is 1. The van der Waals surface area contributed by atoms with Crippen molar-refractivity contribution in [2.24, 2.45) is 11.8 Å². The second-order valence-corrected chi connectivity index (χ2v) is 9.66. The number of aryl methyl sites for hydroxylation is 1. The highest BCUT2D eigenvalue weighted by atomic mass is 32.1. The van der Waals surface area contributed by atoms with Crippen LogP contribution >= 0.6 is 22.7 Å². The number of rotatable bonds is 4. The molecule has 2 aromatic heterocycles. The van der Waals surface area contributed by atoms with Crippen molar-refractivity contribution in [3.05, 3.63) is 46.8 Å². The van der Waals surface area contributed by atoms with Crippen LogP contribution in [0.4, 0.5) is 0 Å². The predicted molar refractivity (Wildman–Crippen MR) is 109 cm³/mol. The van der Waals surface area contributed by atoms with Crippen molar-refractivity contribution in [3.8, 4) is 16.5 Å². The molecule has 128 valence electrons. The van der Waals surface area contributed by atoms with Gasteiger partial charge in [0.15, 0.2) is 0 Å². The van der Waals surface area contributed by atoms with Crippen LogP contribution in [0.25, 0.3) is 19.8 Å². The molecule has 0 aliphatic heterocycles. The van der Waals surface area contributed by atoms with E-state index in [1.54, 1.807) is 4.88 Å². The molecule has 1 nitrogen and oxygen atoms in total. The highest BCUT2D eigenvalue weighted by molar-refractivity contribution is 7.29. The summed E-state index contributed by atoms with van der Waals surface area (Å²) >= 11 is 3.84. The van der Waals surface area contributed by atoms with Gasteiger partial charge < -0.3 is 0 Å². The van der Waals surface area contributed by atoms with Gasteiger partial charge in [-0.05, 0) is 54.5 Å². The van der Waals surface area contributed by atoms with Crippen molar-refractivity contribution in [3.63, 3.8) is 0 Å². The quantitative estimate of drug-likeness (QED) is 0.477. The largest absolute Gasteiger partial charge is 0.192 e. The molecular formula is C22H23NS2. The lowest BCUT2D eigenvalue weighted by Crippen LogP contribution is -2.12. The van der Waals surface area contributed by atoms with E-state index in [1.807, 2.05) is 34.8 Å². The van der Waals surface area contributed by atoms with Crippen LogP contribution in [-0.2, 0) is 6.42 Å². The molecule has 0 amide bonds. The van der Waals surface area contributed by atoms with Crippen LogP contribution in [0.15, 0.2) is 36.4 Å². The maximum atomic E-state index is 8.92. The summed E-state index contributed by atoms with van der Waals surface area (Å²) in [7, 11) is 0. The van der Waals surface area contributed by atoms with Gasteiger partial charge in [-0.3, -0.25) is 0 Å². The summed E-state index contributed by atoms with van der Waals surface area (Å²) in [4.78, 5) is 2.85. The first-order valence-electron chi connectivity index (χ1n) is 9.24. The van der Waals surface area contributed by atoms with Crippen LogP contribution in [-0.4, -0.2) is 0 Å². The number of hydrogen-bond acceptors (Lipinski definition) is 3. The minimum atomic E-state index is 0.724. The van der Waals surface area contributed by atoms with Crippen molar-refractivity contribution >= 4 is 32.1 Å². The summed E-state index contributed by atoms with van der Waals surface area (Å²) in [6.07, 6.45) is 8.34. The molecule has 3 aromatic rings.